The van der Waals surface area contributed by atoms with Crippen molar-refractivity contribution >= 4 is 81.6 Å². The molecule has 4 N–H and O–H groups in total. The minimum absolute atomic E-state index is 0.165. The first kappa shape index (κ1) is 41.9. The Morgan fingerprint density at radius 1 is 0.763 bits per heavy atom. The van der Waals surface area contributed by atoms with Crippen LogP contribution in [0.4, 0.5) is 0 Å². The van der Waals surface area contributed by atoms with E-state index in [9.17, 15) is 29.4 Å². The smallest absolute Gasteiger partial charge is 0.330 e. The molecule has 0 aliphatic carbocycles. The summed E-state index contributed by atoms with van der Waals surface area (Å²) in [6.45, 7) is 7.69. The lowest BCUT2D eigenvalue weighted by atomic mass is 10.3. The third-order valence-corrected chi connectivity index (χ3v) is 11.6. The first-order valence-electron chi connectivity index (χ1n) is 11.1. The van der Waals surface area contributed by atoms with Gasteiger partial charge in [0.25, 0.3) is 0 Å². The highest BCUT2D eigenvalue weighted by atomic mass is 32.9. The van der Waals surface area contributed by atoms with Gasteiger partial charge in [-0.1, -0.05) is 23.6 Å². The molecule has 0 aromatic heterocycles. The van der Waals surface area contributed by atoms with E-state index < -0.39 is 39.6 Å². The standard InChI is InChI=1S/C10H19O6PS2.C8H12O4.C2H7O2PS2/c1-3-15-9(13)5-8(10(14)16-4-2)19-17(18,6-11)7-12;1-3-11-7(9)5-6-8(10)12-4-2;3-1-5(6,7)2-4/h8,11-12H,3-7H2,1-2H3;5-6H,3-4H2,1-2H3;3-4H,1-2H2,(H,6,7)/b;6-5-;. The number of thiol groups is 1. The van der Waals surface area contributed by atoms with E-state index in [1.165, 1.54) is 0 Å². The molecule has 0 amide bonds. The molecule has 0 rings (SSSR count). The Morgan fingerprint density at radius 2 is 1.16 bits per heavy atom. The van der Waals surface area contributed by atoms with E-state index in [4.69, 9.17) is 31.5 Å². The van der Waals surface area contributed by atoms with Gasteiger partial charge in [-0.2, -0.15) is 0 Å². The van der Waals surface area contributed by atoms with Crippen LogP contribution in [0, 0.1) is 0 Å². The monoisotopic (exact) mass is 660 g/mol. The van der Waals surface area contributed by atoms with Crippen molar-refractivity contribution in [3.63, 3.8) is 0 Å². The maximum absolute atomic E-state index is 11.7. The summed E-state index contributed by atoms with van der Waals surface area (Å²) in [6.07, 6.45) is 0.799. The van der Waals surface area contributed by atoms with Crippen LogP contribution in [0.25, 0.3) is 0 Å². The number of carbonyl (C=O) groups is 4. The lowest BCUT2D eigenvalue weighted by molar-refractivity contribution is -0.149. The van der Waals surface area contributed by atoms with Crippen molar-refractivity contribution in [2.24, 2.45) is 0 Å². The van der Waals surface area contributed by atoms with Crippen LogP contribution in [0.15, 0.2) is 12.2 Å². The van der Waals surface area contributed by atoms with Crippen LogP contribution in [0.2, 0.25) is 0 Å². The highest BCUT2D eigenvalue weighted by Gasteiger charge is 2.31. The van der Waals surface area contributed by atoms with Gasteiger partial charge in [-0.05, 0) is 27.7 Å². The van der Waals surface area contributed by atoms with Crippen LogP contribution in [0.3, 0.4) is 0 Å². The van der Waals surface area contributed by atoms with Gasteiger partial charge in [0.1, 0.15) is 5.25 Å². The average Bonchev–Trinajstić information content (AvgIpc) is 2.88. The van der Waals surface area contributed by atoms with Crippen LogP contribution in [0.1, 0.15) is 34.1 Å². The lowest BCUT2D eigenvalue weighted by Crippen LogP contribution is -2.24. The molecule has 0 saturated carbocycles. The van der Waals surface area contributed by atoms with Crippen molar-refractivity contribution < 1.29 is 58.6 Å². The molecule has 224 valence electrons. The van der Waals surface area contributed by atoms with Gasteiger partial charge in [-0.15, -0.1) is 23.6 Å². The van der Waals surface area contributed by atoms with Gasteiger partial charge in [-0.3, -0.25) is 9.59 Å². The fourth-order valence-electron chi connectivity index (χ4n) is 1.67. The maximum atomic E-state index is 11.7. The molecule has 38 heavy (non-hydrogen) atoms. The number of esters is 4. The van der Waals surface area contributed by atoms with Crippen LogP contribution < -0.4 is 0 Å². The Morgan fingerprint density at radius 3 is 1.45 bits per heavy atom. The molecular weight excluding hydrogens is 622 g/mol. The van der Waals surface area contributed by atoms with E-state index in [1.54, 1.807) is 27.7 Å². The summed E-state index contributed by atoms with van der Waals surface area (Å²) in [4.78, 5) is 44.5. The molecule has 0 bridgehead atoms. The summed E-state index contributed by atoms with van der Waals surface area (Å²) in [7, 11) is 0. The fraction of sp³-hybridized carbons (Fsp3) is 0.700. The minimum Gasteiger partial charge on any atom is -0.466 e. The molecule has 0 aliphatic heterocycles. The van der Waals surface area contributed by atoms with E-state index in [0.29, 0.717) is 13.2 Å². The number of aliphatic hydroxyl groups excluding tert-OH is 4. The summed E-state index contributed by atoms with van der Waals surface area (Å²) in [5, 5.41) is 29.6. The van der Waals surface area contributed by atoms with Crippen molar-refractivity contribution in [3.05, 3.63) is 12.2 Å². The highest BCUT2D eigenvalue weighted by Crippen LogP contribution is 2.59. The van der Waals surface area contributed by atoms with Crippen LogP contribution in [0.5, 0.6) is 0 Å². The second kappa shape index (κ2) is 25.4. The van der Waals surface area contributed by atoms with Crippen LogP contribution in [-0.2, 0) is 61.7 Å². The molecule has 1 atom stereocenters. The van der Waals surface area contributed by atoms with Gasteiger partial charge in [-0.25, -0.2) is 9.59 Å². The number of aliphatic hydroxyl groups is 4. The molecule has 0 aromatic rings. The van der Waals surface area contributed by atoms with Crippen molar-refractivity contribution in [1.29, 1.82) is 0 Å². The Kier molecular flexibility index (Phi) is 28.1. The molecule has 1 unspecified atom stereocenters. The predicted octanol–water partition coefficient (Wildman–Crippen LogP) is 1.78. The van der Waals surface area contributed by atoms with E-state index in [2.05, 4.69) is 33.5 Å². The number of rotatable bonds is 15. The normalized spacial score (nSPS) is 11.7. The van der Waals surface area contributed by atoms with Crippen molar-refractivity contribution in [1.82, 2.24) is 0 Å². The zero-order valence-electron chi connectivity index (χ0n) is 21.7. The van der Waals surface area contributed by atoms with Crippen molar-refractivity contribution in [2.75, 3.05) is 51.8 Å². The quantitative estimate of drug-likeness (QED) is 0.0562. The zero-order valence-corrected chi connectivity index (χ0v) is 26.9. The van der Waals surface area contributed by atoms with Crippen molar-refractivity contribution in [3.8, 4) is 0 Å². The Labute approximate surface area is 242 Å². The zero-order chi connectivity index (χ0) is 30.2. The van der Waals surface area contributed by atoms with E-state index in [1.807, 2.05) is 0 Å². The van der Waals surface area contributed by atoms with Crippen molar-refractivity contribution in [2.45, 2.75) is 39.4 Å². The first-order valence-corrected chi connectivity index (χ1v) is 20.1. The number of hydrogen-bond acceptors (Lipinski definition) is 15. The molecule has 18 heteroatoms. The molecule has 0 saturated heterocycles. The van der Waals surface area contributed by atoms with Crippen LogP contribution >= 0.6 is 34.1 Å². The molecule has 0 heterocycles. The van der Waals surface area contributed by atoms with E-state index in [0.717, 1.165) is 23.5 Å². The summed E-state index contributed by atoms with van der Waals surface area (Å²) in [5.41, 5.74) is 0. The fourth-order valence-corrected chi connectivity index (χ4v) is 6.02. The maximum Gasteiger partial charge on any atom is 0.330 e. The van der Waals surface area contributed by atoms with Gasteiger partial charge in [0.05, 0.1) is 68.7 Å². The van der Waals surface area contributed by atoms with E-state index in [-0.39, 0.29) is 45.0 Å². The minimum atomic E-state index is -2.54. The second-order valence-corrected chi connectivity index (χ2v) is 22.4. The average molecular weight is 661 g/mol. The lowest BCUT2D eigenvalue weighted by Gasteiger charge is -2.21. The third kappa shape index (κ3) is 24.5. The molecule has 0 spiro atoms. The molecular formula is C20H38O12P2S4. The Bertz CT molecular complexity index is 790. The SMILES string of the molecule is CCOC(=O)/C=C\C(=O)OCC.CCOC(=O)CC(SP(=S)(CO)CO)C(=O)OCC.OCP(=S)(S)CO. The summed E-state index contributed by atoms with van der Waals surface area (Å²) in [5.74, 6) is -2.20. The third-order valence-electron chi connectivity index (χ3n) is 3.33. The van der Waals surface area contributed by atoms with Gasteiger partial charge >= 0.3 is 23.9 Å². The van der Waals surface area contributed by atoms with Gasteiger partial charge in [0, 0.05) is 12.2 Å². The molecule has 0 radical (unpaired) electrons. The molecule has 0 aliphatic rings. The Hall–Kier alpha value is -0.540. The largest absolute Gasteiger partial charge is 0.466 e. The molecule has 12 nitrogen and oxygen atoms in total. The second-order valence-electron chi connectivity index (χ2n) is 6.42. The van der Waals surface area contributed by atoms with E-state index >= 15 is 0 Å². The molecule has 0 aromatic carbocycles. The topological polar surface area (TPSA) is 186 Å². The predicted molar refractivity (Wildman–Crippen MR) is 158 cm³/mol. The van der Waals surface area contributed by atoms with Gasteiger partial charge in [0.2, 0.25) is 0 Å². The first-order chi connectivity index (χ1) is 17.7. The van der Waals surface area contributed by atoms with Gasteiger partial charge in [0.15, 0.2) is 0 Å². The number of ether oxygens (including phenoxy) is 4. The number of carbonyl (C=O) groups excluding carboxylic acids is 4. The van der Waals surface area contributed by atoms with Gasteiger partial charge < -0.3 is 39.4 Å². The summed E-state index contributed by atoms with van der Waals surface area (Å²) < 4.78 is 18.7. The summed E-state index contributed by atoms with van der Waals surface area (Å²) in [6, 6.07) is 0. The highest BCUT2D eigenvalue weighted by molar-refractivity contribution is 8.71. The van der Waals surface area contributed by atoms with Crippen LogP contribution in [-0.4, -0.2) is 101 Å². The summed E-state index contributed by atoms with van der Waals surface area (Å²) >= 11 is 14.5. The Balaban J connectivity index is -0.000000547. The number of hydrogen-bond donors (Lipinski definition) is 5. The molecule has 0 fully saturated rings.